The first-order chi connectivity index (χ1) is 8.30. The van der Waals surface area contributed by atoms with E-state index >= 15 is 0 Å². The molecule has 0 aromatic heterocycles. The second-order valence-corrected chi connectivity index (χ2v) is 7.99. The predicted octanol–water partition coefficient (Wildman–Crippen LogP) is 1.82. The third-order valence-corrected chi connectivity index (χ3v) is 5.12. The highest BCUT2D eigenvalue weighted by molar-refractivity contribution is 7.88. The Bertz CT molecular complexity index is 335. The summed E-state index contributed by atoms with van der Waals surface area (Å²) in [7, 11) is -1.41. The molecule has 1 rings (SSSR count). The molecule has 0 radical (unpaired) electrons. The number of sulfonamides is 1. The smallest absolute Gasteiger partial charge is 0.211 e. The minimum atomic E-state index is -3.10. The molecule has 5 heteroatoms. The van der Waals surface area contributed by atoms with Crippen molar-refractivity contribution < 1.29 is 8.42 Å². The van der Waals surface area contributed by atoms with Crippen molar-refractivity contribution in [3.05, 3.63) is 0 Å². The molecular formula is C13H28N2O2S. The summed E-state index contributed by atoms with van der Waals surface area (Å²) in [6, 6.07) is 0.660. The zero-order valence-corrected chi connectivity index (χ0v) is 13.0. The zero-order chi connectivity index (χ0) is 13.8. The Labute approximate surface area is 112 Å². The van der Waals surface area contributed by atoms with E-state index < -0.39 is 10.0 Å². The molecule has 1 fully saturated rings. The van der Waals surface area contributed by atoms with Crippen molar-refractivity contribution in [3.63, 3.8) is 0 Å². The summed E-state index contributed by atoms with van der Waals surface area (Å²) >= 11 is 0. The van der Waals surface area contributed by atoms with Gasteiger partial charge in [0.1, 0.15) is 0 Å². The quantitative estimate of drug-likeness (QED) is 0.772. The van der Waals surface area contributed by atoms with E-state index in [0.29, 0.717) is 12.0 Å². The highest BCUT2D eigenvalue weighted by Crippen LogP contribution is 2.19. The molecule has 0 aromatic rings. The van der Waals surface area contributed by atoms with Crippen LogP contribution in [0, 0.1) is 5.92 Å². The fraction of sp³-hybridized carbons (Fsp3) is 1.00. The van der Waals surface area contributed by atoms with Crippen LogP contribution >= 0.6 is 0 Å². The van der Waals surface area contributed by atoms with E-state index in [0.717, 1.165) is 13.0 Å². The number of likely N-dealkylation sites (N-methyl/N-ethyl adjacent to an activating group) is 1. The second-order valence-electron chi connectivity index (χ2n) is 5.95. The molecule has 1 unspecified atom stereocenters. The second kappa shape index (κ2) is 6.87. The maximum Gasteiger partial charge on any atom is 0.211 e. The molecule has 1 saturated carbocycles. The van der Waals surface area contributed by atoms with Crippen LogP contribution in [0.3, 0.4) is 0 Å². The van der Waals surface area contributed by atoms with Gasteiger partial charge in [-0.2, -0.15) is 0 Å². The summed E-state index contributed by atoms with van der Waals surface area (Å²) in [4.78, 5) is 0. The Hall–Kier alpha value is -0.130. The van der Waals surface area contributed by atoms with Gasteiger partial charge in [-0.3, -0.25) is 0 Å². The van der Waals surface area contributed by atoms with Crippen molar-refractivity contribution in [1.82, 2.24) is 9.62 Å². The molecule has 18 heavy (non-hydrogen) atoms. The average molecular weight is 276 g/mol. The van der Waals surface area contributed by atoms with Gasteiger partial charge in [-0.1, -0.05) is 26.7 Å². The molecule has 108 valence electrons. The number of nitrogens with one attached hydrogen (secondary N) is 1. The molecular weight excluding hydrogens is 248 g/mol. The molecule has 0 amide bonds. The summed E-state index contributed by atoms with van der Waals surface area (Å²) in [5, 5.41) is 3.53. The number of nitrogens with zero attached hydrogens (tertiary/aromatic N) is 1. The normalized spacial score (nSPS) is 19.9. The van der Waals surface area contributed by atoms with Crippen LogP contribution in [0.15, 0.2) is 0 Å². The maximum absolute atomic E-state index is 11.6. The Kier molecular flexibility index (Phi) is 6.08. The fourth-order valence-electron chi connectivity index (χ4n) is 2.61. The van der Waals surface area contributed by atoms with Crippen LogP contribution in [0.5, 0.6) is 0 Å². The van der Waals surface area contributed by atoms with Crippen molar-refractivity contribution in [3.8, 4) is 0 Å². The van der Waals surface area contributed by atoms with Gasteiger partial charge in [-0.25, -0.2) is 12.7 Å². The molecule has 1 atom stereocenters. The van der Waals surface area contributed by atoms with Gasteiger partial charge in [-0.15, -0.1) is 0 Å². The van der Waals surface area contributed by atoms with Gasteiger partial charge >= 0.3 is 0 Å². The molecule has 0 spiro atoms. The van der Waals surface area contributed by atoms with Gasteiger partial charge in [0.2, 0.25) is 10.0 Å². The lowest BCUT2D eigenvalue weighted by atomic mass is 10.0. The Morgan fingerprint density at radius 1 is 1.28 bits per heavy atom. The summed E-state index contributed by atoms with van der Waals surface area (Å²) in [6.07, 6.45) is 7.26. The van der Waals surface area contributed by atoms with Gasteiger partial charge in [-0.05, 0) is 25.2 Å². The van der Waals surface area contributed by atoms with Gasteiger partial charge in [0.05, 0.1) is 6.26 Å². The Morgan fingerprint density at radius 3 is 2.28 bits per heavy atom. The summed E-state index contributed by atoms with van der Waals surface area (Å²) < 4.78 is 24.8. The van der Waals surface area contributed by atoms with E-state index in [1.807, 2.05) is 0 Å². The van der Waals surface area contributed by atoms with Crippen LogP contribution in [0.2, 0.25) is 0 Å². The molecule has 0 aromatic carbocycles. The third kappa shape index (κ3) is 5.24. The summed E-state index contributed by atoms with van der Waals surface area (Å²) in [5.74, 6) is 0.504. The van der Waals surface area contributed by atoms with Gasteiger partial charge in [0.15, 0.2) is 0 Å². The molecule has 1 aliphatic carbocycles. The van der Waals surface area contributed by atoms with E-state index in [-0.39, 0.29) is 6.04 Å². The first kappa shape index (κ1) is 15.9. The minimum absolute atomic E-state index is 0.0700. The van der Waals surface area contributed by atoms with E-state index in [2.05, 4.69) is 19.2 Å². The van der Waals surface area contributed by atoms with Gasteiger partial charge in [0, 0.05) is 25.7 Å². The highest BCUT2D eigenvalue weighted by atomic mass is 32.2. The molecule has 0 saturated heterocycles. The average Bonchev–Trinajstić information content (AvgIpc) is 2.74. The van der Waals surface area contributed by atoms with E-state index in [4.69, 9.17) is 0 Å². The first-order valence-electron chi connectivity index (χ1n) is 6.97. The number of rotatable bonds is 7. The van der Waals surface area contributed by atoms with Crippen molar-refractivity contribution in [2.75, 3.05) is 19.8 Å². The van der Waals surface area contributed by atoms with Crippen LogP contribution in [0.1, 0.15) is 46.0 Å². The highest BCUT2D eigenvalue weighted by Gasteiger charge is 2.24. The zero-order valence-electron chi connectivity index (χ0n) is 12.1. The summed E-state index contributed by atoms with van der Waals surface area (Å²) in [5.41, 5.74) is 0. The van der Waals surface area contributed by atoms with E-state index in [1.54, 1.807) is 7.05 Å². The SMILES string of the molecule is CC(C)CC(CNC1CCCC1)N(C)S(C)(=O)=O. The topological polar surface area (TPSA) is 49.4 Å². The molecule has 4 nitrogen and oxygen atoms in total. The van der Waals surface area contributed by atoms with Crippen LogP contribution in [-0.2, 0) is 10.0 Å². The van der Waals surface area contributed by atoms with Crippen LogP contribution < -0.4 is 5.32 Å². The van der Waals surface area contributed by atoms with Crippen molar-refractivity contribution in [2.24, 2.45) is 5.92 Å². The van der Waals surface area contributed by atoms with Crippen LogP contribution in [0.4, 0.5) is 0 Å². The number of hydrogen-bond acceptors (Lipinski definition) is 3. The molecule has 0 heterocycles. The molecule has 1 aliphatic rings. The number of hydrogen-bond donors (Lipinski definition) is 1. The monoisotopic (exact) mass is 276 g/mol. The van der Waals surface area contributed by atoms with Gasteiger partial charge < -0.3 is 5.32 Å². The molecule has 1 N–H and O–H groups in total. The maximum atomic E-state index is 11.6. The lowest BCUT2D eigenvalue weighted by Crippen LogP contribution is -2.45. The lowest BCUT2D eigenvalue weighted by Gasteiger charge is -2.29. The summed E-state index contributed by atoms with van der Waals surface area (Å²) in [6.45, 7) is 5.05. The fourth-order valence-corrected chi connectivity index (χ4v) is 3.31. The van der Waals surface area contributed by atoms with E-state index in [1.165, 1.54) is 36.2 Å². The van der Waals surface area contributed by atoms with Crippen molar-refractivity contribution in [1.29, 1.82) is 0 Å². The van der Waals surface area contributed by atoms with Crippen molar-refractivity contribution >= 4 is 10.0 Å². The van der Waals surface area contributed by atoms with Crippen molar-refractivity contribution in [2.45, 2.75) is 58.0 Å². The largest absolute Gasteiger partial charge is 0.312 e. The molecule has 0 aliphatic heterocycles. The Morgan fingerprint density at radius 2 is 1.83 bits per heavy atom. The van der Waals surface area contributed by atoms with E-state index in [9.17, 15) is 8.42 Å². The van der Waals surface area contributed by atoms with Crippen LogP contribution in [0.25, 0.3) is 0 Å². The first-order valence-corrected chi connectivity index (χ1v) is 8.82. The Balaban J connectivity index is 2.54. The minimum Gasteiger partial charge on any atom is -0.312 e. The standard InChI is InChI=1S/C13H28N2O2S/c1-11(2)9-13(15(3)18(4,16)17)10-14-12-7-5-6-8-12/h11-14H,5-10H2,1-4H3. The lowest BCUT2D eigenvalue weighted by molar-refractivity contribution is 0.297. The van der Waals surface area contributed by atoms with Gasteiger partial charge in [0.25, 0.3) is 0 Å². The third-order valence-electron chi connectivity index (χ3n) is 3.78. The molecule has 0 bridgehead atoms. The van der Waals surface area contributed by atoms with Crippen LogP contribution in [-0.4, -0.2) is 44.7 Å². The predicted molar refractivity (Wildman–Crippen MR) is 76.1 cm³/mol.